The number of hydrogen-bond acceptors (Lipinski definition) is 4. The van der Waals surface area contributed by atoms with Crippen molar-refractivity contribution in [1.82, 2.24) is 0 Å². The number of ether oxygens (including phenoxy) is 2. The molecule has 3 unspecified atom stereocenters. The zero-order valence-corrected chi connectivity index (χ0v) is 11.9. The van der Waals surface area contributed by atoms with E-state index in [1.165, 1.54) is 6.42 Å². The molecule has 0 aromatic carbocycles. The van der Waals surface area contributed by atoms with Crippen molar-refractivity contribution < 1.29 is 14.3 Å². The molecule has 0 aliphatic heterocycles. The minimum atomic E-state index is -0.256. The van der Waals surface area contributed by atoms with Crippen molar-refractivity contribution in [3.05, 3.63) is 0 Å². The molecule has 4 nitrogen and oxygen atoms in total. The van der Waals surface area contributed by atoms with Gasteiger partial charge in [-0.05, 0) is 30.6 Å². The van der Waals surface area contributed by atoms with E-state index in [0.29, 0.717) is 30.9 Å². The quantitative estimate of drug-likeness (QED) is 0.583. The zero-order chi connectivity index (χ0) is 13.5. The first-order valence-corrected chi connectivity index (χ1v) is 7.01. The summed E-state index contributed by atoms with van der Waals surface area (Å²) in [6, 6.07) is 0. The van der Waals surface area contributed by atoms with Crippen LogP contribution < -0.4 is 5.73 Å². The van der Waals surface area contributed by atoms with Crippen LogP contribution in [0.15, 0.2) is 0 Å². The molecule has 0 heterocycles. The molecule has 1 saturated carbocycles. The van der Waals surface area contributed by atoms with Crippen molar-refractivity contribution in [2.75, 3.05) is 19.8 Å². The molecule has 1 fully saturated rings. The van der Waals surface area contributed by atoms with E-state index >= 15 is 0 Å². The van der Waals surface area contributed by atoms with Crippen LogP contribution >= 0.6 is 0 Å². The van der Waals surface area contributed by atoms with Crippen LogP contribution in [0.3, 0.4) is 0 Å². The van der Waals surface area contributed by atoms with E-state index < -0.39 is 0 Å². The van der Waals surface area contributed by atoms with Gasteiger partial charge in [0.15, 0.2) is 0 Å². The topological polar surface area (TPSA) is 61.5 Å². The smallest absolute Gasteiger partial charge is 0.332 e. The molecule has 1 aliphatic rings. The summed E-state index contributed by atoms with van der Waals surface area (Å²) in [6.45, 7) is 7.49. The Bertz CT molecular complexity index is 255. The fourth-order valence-electron chi connectivity index (χ4n) is 2.69. The fraction of sp³-hybridized carbons (Fsp3) is 0.929. The minimum Gasteiger partial charge on any atom is -0.460 e. The van der Waals surface area contributed by atoms with Gasteiger partial charge >= 0.3 is 5.97 Å². The van der Waals surface area contributed by atoms with Crippen LogP contribution in [0.2, 0.25) is 0 Å². The van der Waals surface area contributed by atoms with Crippen LogP contribution in [0.4, 0.5) is 0 Å². The second-order valence-electron chi connectivity index (χ2n) is 5.70. The van der Waals surface area contributed by atoms with Crippen LogP contribution in [-0.4, -0.2) is 31.8 Å². The van der Waals surface area contributed by atoms with Gasteiger partial charge in [-0.25, -0.2) is 4.79 Å². The lowest BCUT2D eigenvalue weighted by atomic mass is 9.75. The third kappa shape index (κ3) is 4.94. The van der Waals surface area contributed by atoms with Crippen molar-refractivity contribution in [3.8, 4) is 0 Å². The SMILES string of the molecule is CC1CCC(C(C)C)C(OC(=O)COCCN)C1. The minimum absolute atomic E-state index is 0.0207. The predicted molar refractivity (Wildman–Crippen MR) is 71.1 cm³/mol. The van der Waals surface area contributed by atoms with Gasteiger partial charge in [0, 0.05) is 6.54 Å². The average molecular weight is 257 g/mol. The maximum absolute atomic E-state index is 11.7. The molecular weight excluding hydrogens is 230 g/mol. The Morgan fingerprint density at radius 2 is 2.11 bits per heavy atom. The van der Waals surface area contributed by atoms with Gasteiger partial charge in [-0.15, -0.1) is 0 Å². The molecule has 18 heavy (non-hydrogen) atoms. The summed E-state index contributed by atoms with van der Waals surface area (Å²) in [5, 5.41) is 0. The Morgan fingerprint density at radius 3 is 2.72 bits per heavy atom. The Labute approximate surface area is 110 Å². The average Bonchev–Trinajstić information content (AvgIpc) is 2.29. The molecule has 106 valence electrons. The van der Waals surface area contributed by atoms with Crippen molar-refractivity contribution in [2.24, 2.45) is 23.5 Å². The van der Waals surface area contributed by atoms with Gasteiger partial charge in [-0.3, -0.25) is 0 Å². The number of esters is 1. The summed E-state index contributed by atoms with van der Waals surface area (Å²) in [7, 11) is 0. The number of carbonyl (C=O) groups excluding carboxylic acids is 1. The highest BCUT2D eigenvalue weighted by Gasteiger charge is 2.33. The van der Waals surface area contributed by atoms with E-state index in [-0.39, 0.29) is 18.7 Å². The molecule has 0 spiro atoms. The van der Waals surface area contributed by atoms with Crippen molar-refractivity contribution in [3.63, 3.8) is 0 Å². The van der Waals surface area contributed by atoms with E-state index in [2.05, 4.69) is 20.8 Å². The highest BCUT2D eigenvalue weighted by Crippen LogP contribution is 2.35. The molecule has 1 rings (SSSR count). The summed E-state index contributed by atoms with van der Waals surface area (Å²) in [4.78, 5) is 11.7. The number of hydrogen-bond donors (Lipinski definition) is 1. The standard InChI is InChI=1S/C14H27NO3/c1-10(2)12-5-4-11(3)8-13(12)18-14(16)9-17-7-6-15/h10-13H,4-9,15H2,1-3H3. The molecular formula is C14H27NO3. The maximum Gasteiger partial charge on any atom is 0.332 e. The molecule has 4 heteroatoms. The molecule has 0 aromatic heterocycles. The molecule has 0 saturated heterocycles. The Morgan fingerprint density at radius 1 is 1.39 bits per heavy atom. The zero-order valence-electron chi connectivity index (χ0n) is 11.9. The number of nitrogens with two attached hydrogens (primary N) is 1. The van der Waals surface area contributed by atoms with Crippen LogP contribution in [0.1, 0.15) is 40.0 Å². The predicted octanol–water partition coefficient (Wildman–Crippen LogP) is 1.97. The highest BCUT2D eigenvalue weighted by molar-refractivity contribution is 5.70. The molecule has 0 aromatic rings. The van der Waals surface area contributed by atoms with Gasteiger partial charge in [-0.1, -0.05) is 27.2 Å². The summed E-state index contributed by atoms with van der Waals surface area (Å²) in [5.74, 6) is 1.43. The van der Waals surface area contributed by atoms with Gasteiger partial charge in [0.2, 0.25) is 0 Å². The molecule has 0 bridgehead atoms. The summed E-state index contributed by atoms with van der Waals surface area (Å²) >= 11 is 0. The second kappa shape index (κ2) is 7.74. The maximum atomic E-state index is 11.7. The first kappa shape index (κ1) is 15.4. The third-order valence-electron chi connectivity index (χ3n) is 3.73. The first-order valence-electron chi connectivity index (χ1n) is 7.01. The lowest BCUT2D eigenvalue weighted by Gasteiger charge is -2.36. The highest BCUT2D eigenvalue weighted by atomic mass is 16.6. The van der Waals surface area contributed by atoms with Crippen LogP contribution in [0.25, 0.3) is 0 Å². The second-order valence-corrected chi connectivity index (χ2v) is 5.70. The summed E-state index contributed by atoms with van der Waals surface area (Å²) in [6.07, 6.45) is 3.43. The molecule has 2 N–H and O–H groups in total. The van der Waals surface area contributed by atoms with E-state index in [0.717, 1.165) is 12.8 Å². The lowest BCUT2D eigenvalue weighted by Crippen LogP contribution is -2.36. The Hall–Kier alpha value is -0.610. The normalized spacial score (nSPS) is 28.4. The van der Waals surface area contributed by atoms with Crippen LogP contribution in [0.5, 0.6) is 0 Å². The molecule has 3 atom stereocenters. The van der Waals surface area contributed by atoms with Crippen molar-refractivity contribution >= 4 is 5.97 Å². The van der Waals surface area contributed by atoms with E-state index in [4.69, 9.17) is 15.2 Å². The van der Waals surface area contributed by atoms with Gasteiger partial charge in [0.25, 0.3) is 0 Å². The third-order valence-corrected chi connectivity index (χ3v) is 3.73. The van der Waals surface area contributed by atoms with Crippen LogP contribution in [-0.2, 0) is 14.3 Å². The van der Waals surface area contributed by atoms with E-state index in [9.17, 15) is 4.79 Å². The fourth-order valence-corrected chi connectivity index (χ4v) is 2.69. The first-order chi connectivity index (χ1) is 8.54. The van der Waals surface area contributed by atoms with E-state index in [1.54, 1.807) is 0 Å². The van der Waals surface area contributed by atoms with E-state index in [1.807, 2.05) is 0 Å². The van der Waals surface area contributed by atoms with Gasteiger partial charge < -0.3 is 15.2 Å². The Kier molecular flexibility index (Phi) is 6.65. The summed E-state index contributed by atoms with van der Waals surface area (Å²) < 4.78 is 10.7. The molecule has 0 radical (unpaired) electrons. The van der Waals surface area contributed by atoms with Gasteiger partial charge in [0.05, 0.1) is 6.61 Å². The van der Waals surface area contributed by atoms with Crippen LogP contribution in [0, 0.1) is 17.8 Å². The van der Waals surface area contributed by atoms with Gasteiger partial charge in [-0.2, -0.15) is 0 Å². The number of rotatable bonds is 6. The largest absolute Gasteiger partial charge is 0.460 e. The Balaban J connectivity index is 2.42. The monoisotopic (exact) mass is 257 g/mol. The van der Waals surface area contributed by atoms with Crippen molar-refractivity contribution in [1.29, 1.82) is 0 Å². The summed E-state index contributed by atoms with van der Waals surface area (Å²) in [5.41, 5.74) is 5.30. The number of carbonyl (C=O) groups is 1. The molecule has 0 amide bonds. The molecule has 1 aliphatic carbocycles. The van der Waals surface area contributed by atoms with Gasteiger partial charge in [0.1, 0.15) is 12.7 Å². The van der Waals surface area contributed by atoms with Crippen molar-refractivity contribution in [2.45, 2.75) is 46.1 Å². The lowest BCUT2D eigenvalue weighted by molar-refractivity contribution is -0.161.